The summed E-state index contributed by atoms with van der Waals surface area (Å²) in [5.41, 5.74) is 0. The Balaban J connectivity index is -0.0000000450. The zero-order chi connectivity index (χ0) is 3.58. The predicted molar refractivity (Wildman–Crippen MR) is 19.2 cm³/mol. The second kappa shape index (κ2) is 10.2. The van der Waals surface area contributed by atoms with Crippen LogP contribution in [-0.2, 0) is 0 Å². The van der Waals surface area contributed by atoms with E-state index in [1.54, 1.807) is 0 Å². The summed E-state index contributed by atoms with van der Waals surface area (Å²) in [5.74, 6) is 0. The van der Waals surface area contributed by atoms with Crippen molar-refractivity contribution in [2.24, 2.45) is 0 Å². The van der Waals surface area contributed by atoms with Gasteiger partial charge in [-0.15, -0.1) is 0 Å². The third kappa shape index (κ3) is 35.8. The van der Waals surface area contributed by atoms with Crippen LogP contribution in [0, 0.1) is 49.4 Å². The Bertz CT molecular complexity index is 33.8. The second-order valence-corrected chi connectivity index (χ2v) is 0.283. The summed E-state index contributed by atoms with van der Waals surface area (Å²) in [6.07, 6.45) is -1.83. The van der Waals surface area contributed by atoms with E-state index in [1.165, 1.54) is 0 Å². The molecule has 0 aromatic heterocycles. The molecule has 0 saturated heterocycles. The van der Waals surface area contributed by atoms with Gasteiger partial charge in [0.15, 0.2) is 0 Å². The van der Waals surface area contributed by atoms with Crippen LogP contribution < -0.4 is 0 Å². The molecule has 6 heavy (non-hydrogen) atoms. The van der Waals surface area contributed by atoms with Gasteiger partial charge in [0, 0.05) is 49.4 Å². The molecular formula is CH4CaEuO3. The molecular weight excluding hydrogens is 252 g/mol. The van der Waals surface area contributed by atoms with Crippen LogP contribution in [0.25, 0.3) is 0 Å². The molecule has 0 amide bonds. The minimum absolute atomic E-state index is 0. The molecule has 0 bridgehead atoms. The van der Waals surface area contributed by atoms with Crippen LogP contribution in [0.15, 0.2) is 0 Å². The van der Waals surface area contributed by atoms with Crippen LogP contribution in [0.4, 0.5) is 4.79 Å². The largest absolute Gasteiger partial charge is 0 e. The summed E-state index contributed by atoms with van der Waals surface area (Å²) in [6, 6.07) is 0. The molecule has 0 unspecified atom stereocenters. The van der Waals surface area contributed by atoms with Crippen molar-refractivity contribution in [3.63, 3.8) is 0 Å². The van der Waals surface area contributed by atoms with E-state index in [0.29, 0.717) is 0 Å². The summed E-state index contributed by atoms with van der Waals surface area (Å²) >= 11 is 0. The average Bonchev–Trinajstić information content (AvgIpc) is 0.811. The summed E-state index contributed by atoms with van der Waals surface area (Å²) in [7, 11) is 0. The van der Waals surface area contributed by atoms with Gasteiger partial charge in [-0.3, -0.25) is 0 Å². The number of hydrogen-bond donors (Lipinski definition) is 2. The van der Waals surface area contributed by atoms with E-state index in [9.17, 15) is 0 Å². The van der Waals surface area contributed by atoms with Crippen LogP contribution in [0.5, 0.6) is 0 Å². The maximum Gasteiger partial charge on any atom is 0 e. The molecule has 1 radical (unpaired) electrons. The molecule has 0 spiro atoms. The Kier molecular flexibility index (Phi) is 26.6. The fourth-order valence-corrected chi connectivity index (χ4v) is 0. The first-order valence-corrected chi connectivity index (χ1v) is 0.651. The van der Waals surface area contributed by atoms with E-state index in [2.05, 4.69) is 0 Å². The maximum atomic E-state index is 8.56. The normalized spacial score (nSPS) is 4.00. The molecule has 3 nitrogen and oxygen atoms in total. The van der Waals surface area contributed by atoms with Crippen LogP contribution in [0.2, 0.25) is 0 Å². The van der Waals surface area contributed by atoms with E-state index < -0.39 is 6.16 Å². The van der Waals surface area contributed by atoms with Gasteiger partial charge in [0.25, 0.3) is 0 Å². The van der Waals surface area contributed by atoms with Gasteiger partial charge < -0.3 is 10.2 Å². The van der Waals surface area contributed by atoms with Crippen molar-refractivity contribution in [3.05, 3.63) is 0 Å². The SMILES string of the molecule is O=C(O)O.[CaH2].[Eu]. The minimum Gasteiger partial charge on any atom is 0 e. The van der Waals surface area contributed by atoms with E-state index in [-0.39, 0.29) is 87.1 Å². The number of carbonyl (C=O) groups is 1. The first-order valence-electron chi connectivity index (χ1n) is 0.651. The Morgan fingerprint density at radius 3 is 1.33 bits per heavy atom. The van der Waals surface area contributed by atoms with Crippen molar-refractivity contribution in [1.29, 1.82) is 0 Å². The zero-order valence-corrected chi connectivity index (χ0v) is 4.61. The van der Waals surface area contributed by atoms with Crippen molar-refractivity contribution in [3.8, 4) is 0 Å². The van der Waals surface area contributed by atoms with Gasteiger partial charge >= 0.3 is 43.9 Å². The van der Waals surface area contributed by atoms with E-state index >= 15 is 0 Å². The quantitative estimate of drug-likeness (QED) is 0.564. The summed E-state index contributed by atoms with van der Waals surface area (Å²) < 4.78 is 0. The molecule has 0 heterocycles. The first kappa shape index (κ1) is 15.7. The average molecular weight is 256 g/mol. The summed E-state index contributed by atoms with van der Waals surface area (Å²) in [5, 5.41) is 13.9. The zero-order valence-electron chi connectivity index (χ0n) is 2.18. The van der Waals surface area contributed by atoms with Gasteiger partial charge in [-0.1, -0.05) is 0 Å². The van der Waals surface area contributed by atoms with E-state index in [1.807, 2.05) is 0 Å². The Morgan fingerprint density at radius 2 is 1.33 bits per heavy atom. The first-order chi connectivity index (χ1) is 1.73. The van der Waals surface area contributed by atoms with Crippen LogP contribution >= 0.6 is 0 Å². The Morgan fingerprint density at radius 1 is 1.33 bits per heavy atom. The monoisotopic (exact) mass is 257 g/mol. The van der Waals surface area contributed by atoms with Gasteiger partial charge in [-0.2, -0.15) is 0 Å². The predicted octanol–water partition coefficient (Wildman–Crippen LogP) is -0.694. The molecule has 0 aromatic carbocycles. The number of rotatable bonds is 0. The number of hydrogen-bond acceptors (Lipinski definition) is 1. The molecule has 0 aliphatic carbocycles. The van der Waals surface area contributed by atoms with Crippen molar-refractivity contribution < 1.29 is 64.4 Å². The fourth-order valence-electron chi connectivity index (χ4n) is 0. The van der Waals surface area contributed by atoms with E-state index in [0.717, 1.165) is 0 Å². The fraction of sp³-hybridized carbons (Fsp3) is 0. The summed E-state index contributed by atoms with van der Waals surface area (Å²) in [6.45, 7) is 0. The smallest absolute Gasteiger partial charge is 0 e. The molecule has 0 aliphatic heterocycles. The van der Waals surface area contributed by atoms with E-state index in [4.69, 9.17) is 15.0 Å². The van der Waals surface area contributed by atoms with Crippen LogP contribution in [-0.4, -0.2) is 54.1 Å². The van der Waals surface area contributed by atoms with Gasteiger partial charge in [-0.05, 0) is 0 Å². The van der Waals surface area contributed by atoms with Gasteiger partial charge in [0.1, 0.15) is 0 Å². The molecule has 0 atom stereocenters. The second-order valence-electron chi connectivity index (χ2n) is 0.283. The van der Waals surface area contributed by atoms with Crippen molar-refractivity contribution in [2.45, 2.75) is 0 Å². The topological polar surface area (TPSA) is 57.5 Å². The molecule has 5 heteroatoms. The summed E-state index contributed by atoms with van der Waals surface area (Å²) in [4.78, 5) is 8.56. The standard InChI is InChI=1S/CH2O3.Ca.Eu.2H/c2-1(3)4;;;;/h(H2,2,3,4);;;;. The van der Waals surface area contributed by atoms with Crippen LogP contribution in [0.3, 0.4) is 0 Å². The van der Waals surface area contributed by atoms with Crippen molar-refractivity contribution in [2.75, 3.05) is 0 Å². The molecule has 0 rings (SSSR count). The molecule has 0 aliphatic rings. The van der Waals surface area contributed by atoms with Crippen molar-refractivity contribution >= 4 is 43.9 Å². The maximum absolute atomic E-state index is 8.56. The van der Waals surface area contributed by atoms with Crippen molar-refractivity contribution in [1.82, 2.24) is 0 Å². The Labute approximate surface area is 106 Å². The van der Waals surface area contributed by atoms with Gasteiger partial charge in [0.05, 0.1) is 0 Å². The molecule has 0 saturated carbocycles. The van der Waals surface area contributed by atoms with Gasteiger partial charge in [0.2, 0.25) is 0 Å². The molecule has 2 N–H and O–H groups in total. The number of carboxylic acid groups (broad SMARTS) is 2. The molecule has 0 aromatic rings. The van der Waals surface area contributed by atoms with Gasteiger partial charge in [-0.25, -0.2) is 4.79 Å². The minimum atomic E-state index is -1.83. The molecule has 0 fully saturated rings. The Hall–Kier alpha value is 2.11. The van der Waals surface area contributed by atoms with Crippen LogP contribution in [0.1, 0.15) is 0 Å². The third-order valence-electron chi connectivity index (χ3n) is 0. The molecule has 35 valence electrons. The third-order valence-corrected chi connectivity index (χ3v) is 0.